The molecule has 0 saturated heterocycles. The molecule has 0 aliphatic heterocycles. The minimum absolute atomic E-state index is 0.445. The summed E-state index contributed by atoms with van der Waals surface area (Å²) in [7, 11) is 0. The third-order valence-electron chi connectivity index (χ3n) is 4.30. The van der Waals surface area contributed by atoms with Gasteiger partial charge in [-0.05, 0) is 72.3 Å². The third-order valence-corrected chi connectivity index (χ3v) is 6.06. The molecular weight excluding hydrogens is 526 g/mol. The summed E-state index contributed by atoms with van der Waals surface area (Å²) < 4.78 is 39.4. The number of aryl methyl sites for hydroxylation is 2. The molecule has 154 valence electrons. The number of alkyl halides is 3. The standard InChI is InChI=1S/C20H15F3IN5S/c1-10-4-3-5-14(24)15(10)28-19-29-16-17(25-11(2)26-18(16)30-19)27-13-8-6-12(7-9-13)20(21,22)23/h3-9H,1-2H3,(H,28,29)(H,25,26,27). The SMILES string of the molecule is Cc1nc(Nc2ccc(C(F)(F)F)cc2)c2nc(Nc3c(C)cccc3I)sc2n1. The van der Waals surface area contributed by atoms with E-state index in [0.717, 1.165) is 27.0 Å². The molecule has 0 radical (unpaired) electrons. The zero-order valence-electron chi connectivity index (χ0n) is 15.8. The molecule has 30 heavy (non-hydrogen) atoms. The molecule has 0 fully saturated rings. The van der Waals surface area contributed by atoms with Crippen LogP contribution in [0.15, 0.2) is 42.5 Å². The highest BCUT2D eigenvalue weighted by atomic mass is 127. The van der Waals surface area contributed by atoms with Crippen molar-refractivity contribution >= 4 is 66.6 Å². The summed E-state index contributed by atoms with van der Waals surface area (Å²) in [5.41, 5.74) is 2.39. The lowest BCUT2D eigenvalue weighted by atomic mass is 10.2. The van der Waals surface area contributed by atoms with Crippen LogP contribution in [-0.4, -0.2) is 15.0 Å². The smallest absolute Gasteiger partial charge is 0.338 e. The van der Waals surface area contributed by atoms with Gasteiger partial charge in [0.2, 0.25) is 0 Å². The molecule has 2 N–H and O–H groups in total. The molecular formula is C20H15F3IN5S. The molecule has 0 bridgehead atoms. The quantitative estimate of drug-likeness (QED) is 0.278. The Morgan fingerprint density at radius 3 is 2.33 bits per heavy atom. The van der Waals surface area contributed by atoms with E-state index in [-0.39, 0.29) is 0 Å². The van der Waals surface area contributed by atoms with Gasteiger partial charge >= 0.3 is 6.18 Å². The van der Waals surface area contributed by atoms with E-state index in [1.54, 1.807) is 6.92 Å². The number of hydrogen-bond acceptors (Lipinski definition) is 6. The van der Waals surface area contributed by atoms with Crippen LogP contribution in [0, 0.1) is 17.4 Å². The van der Waals surface area contributed by atoms with Crippen molar-refractivity contribution in [3.05, 3.63) is 63.0 Å². The Balaban J connectivity index is 1.67. The van der Waals surface area contributed by atoms with Gasteiger partial charge in [-0.25, -0.2) is 15.0 Å². The lowest BCUT2D eigenvalue weighted by Gasteiger charge is -2.10. The predicted molar refractivity (Wildman–Crippen MR) is 122 cm³/mol. The van der Waals surface area contributed by atoms with Crippen LogP contribution in [-0.2, 0) is 6.18 Å². The maximum absolute atomic E-state index is 12.8. The molecule has 4 rings (SSSR count). The molecule has 10 heteroatoms. The van der Waals surface area contributed by atoms with Gasteiger partial charge in [0.15, 0.2) is 15.8 Å². The van der Waals surface area contributed by atoms with Gasteiger partial charge in [-0.3, -0.25) is 0 Å². The zero-order valence-corrected chi connectivity index (χ0v) is 18.8. The van der Waals surface area contributed by atoms with Crippen molar-refractivity contribution in [2.24, 2.45) is 0 Å². The summed E-state index contributed by atoms with van der Waals surface area (Å²) in [5, 5.41) is 7.07. The second kappa shape index (κ2) is 7.99. The van der Waals surface area contributed by atoms with E-state index >= 15 is 0 Å². The number of nitrogens with one attached hydrogen (secondary N) is 2. The van der Waals surface area contributed by atoms with Crippen LogP contribution in [0.5, 0.6) is 0 Å². The van der Waals surface area contributed by atoms with Crippen molar-refractivity contribution < 1.29 is 13.2 Å². The number of aromatic nitrogens is 3. The monoisotopic (exact) mass is 541 g/mol. The Morgan fingerprint density at radius 2 is 1.67 bits per heavy atom. The minimum atomic E-state index is -4.38. The summed E-state index contributed by atoms with van der Waals surface area (Å²) >= 11 is 3.65. The summed E-state index contributed by atoms with van der Waals surface area (Å²) in [6.07, 6.45) is -4.38. The van der Waals surface area contributed by atoms with Crippen LogP contribution in [0.1, 0.15) is 17.0 Å². The normalized spacial score (nSPS) is 11.7. The highest BCUT2D eigenvalue weighted by Gasteiger charge is 2.30. The molecule has 0 unspecified atom stereocenters. The number of benzene rings is 2. The number of thiazole rings is 1. The van der Waals surface area contributed by atoms with Gasteiger partial charge in [0.25, 0.3) is 0 Å². The van der Waals surface area contributed by atoms with Gasteiger partial charge in [0.05, 0.1) is 11.3 Å². The van der Waals surface area contributed by atoms with E-state index in [9.17, 15) is 13.2 Å². The van der Waals surface area contributed by atoms with Gasteiger partial charge in [0, 0.05) is 9.26 Å². The van der Waals surface area contributed by atoms with E-state index in [4.69, 9.17) is 0 Å². The first-order chi connectivity index (χ1) is 14.2. The fourth-order valence-corrected chi connectivity index (χ4v) is 4.50. The van der Waals surface area contributed by atoms with Gasteiger partial charge in [-0.1, -0.05) is 23.5 Å². The molecule has 2 aromatic carbocycles. The first kappa shape index (κ1) is 20.8. The van der Waals surface area contributed by atoms with E-state index in [0.29, 0.717) is 32.8 Å². The van der Waals surface area contributed by atoms with Gasteiger partial charge in [-0.2, -0.15) is 13.2 Å². The van der Waals surface area contributed by atoms with Crippen LogP contribution < -0.4 is 10.6 Å². The molecule has 0 saturated carbocycles. The molecule has 0 atom stereocenters. The molecule has 0 aliphatic rings. The lowest BCUT2D eigenvalue weighted by molar-refractivity contribution is -0.137. The van der Waals surface area contributed by atoms with Gasteiger partial charge < -0.3 is 10.6 Å². The number of nitrogens with zero attached hydrogens (tertiary/aromatic N) is 3. The molecule has 2 heterocycles. The lowest BCUT2D eigenvalue weighted by Crippen LogP contribution is -2.05. The second-order valence-electron chi connectivity index (χ2n) is 6.55. The number of anilines is 4. The zero-order chi connectivity index (χ0) is 21.5. The van der Waals surface area contributed by atoms with Crippen LogP contribution in [0.4, 0.5) is 35.5 Å². The molecule has 0 amide bonds. The van der Waals surface area contributed by atoms with Crippen LogP contribution >= 0.6 is 33.9 Å². The Hall–Kier alpha value is -2.47. The predicted octanol–water partition coefficient (Wildman–Crippen LogP) is 6.81. The minimum Gasteiger partial charge on any atom is -0.338 e. The summed E-state index contributed by atoms with van der Waals surface area (Å²) in [4.78, 5) is 14.1. The van der Waals surface area contributed by atoms with E-state index in [1.807, 2.05) is 25.1 Å². The second-order valence-corrected chi connectivity index (χ2v) is 8.69. The van der Waals surface area contributed by atoms with Crippen molar-refractivity contribution in [3.8, 4) is 0 Å². The van der Waals surface area contributed by atoms with Crippen molar-refractivity contribution in [1.29, 1.82) is 0 Å². The molecule has 5 nitrogen and oxygen atoms in total. The topological polar surface area (TPSA) is 62.7 Å². The summed E-state index contributed by atoms with van der Waals surface area (Å²) in [6, 6.07) is 10.8. The van der Waals surface area contributed by atoms with Gasteiger partial charge in [0.1, 0.15) is 11.3 Å². The Labute approximate surface area is 187 Å². The summed E-state index contributed by atoms with van der Waals surface area (Å²) in [5.74, 6) is 0.985. The van der Waals surface area contributed by atoms with Crippen molar-refractivity contribution in [3.63, 3.8) is 0 Å². The van der Waals surface area contributed by atoms with E-state index in [2.05, 4.69) is 48.2 Å². The fraction of sp³-hybridized carbons (Fsp3) is 0.150. The molecule has 2 aromatic heterocycles. The fourth-order valence-electron chi connectivity index (χ4n) is 2.85. The van der Waals surface area contributed by atoms with Crippen LogP contribution in [0.2, 0.25) is 0 Å². The van der Waals surface area contributed by atoms with E-state index in [1.165, 1.54) is 23.5 Å². The largest absolute Gasteiger partial charge is 0.416 e. The maximum atomic E-state index is 12.8. The van der Waals surface area contributed by atoms with E-state index < -0.39 is 11.7 Å². The highest BCUT2D eigenvalue weighted by Crippen LogP contribution is 2.35. The number of fused-ring (bicyclic) bond motifs is 1. The van der Waals surface area contributed by atoms with Crippen molar-refractivity contribution in [1.82, 2.24) is 15.0 Å². The van der Waals surface area contributed by atoms with Crippen LogP contribution in [0.25, 0.3) is 10.3 Å². The maximum Gasteiger partial charge on any atom is 0.416 e. The molecule has 4 aromatic rings. The Bertz CT molecular complexity index is 1200. The Kier molecular flexibility index (Phi) is 5.53. The number of halogens is 4. The van der Waals surface area contributed by atoms with Gasteiger partial charge in [-0.15, -0.1) is 0 Å². The Morgan fingerprint density at radius 1 is 0.933 bits per heavy atom. The van der Waals surface area contributed by atoms with Crippen molar-refractivity contribution in [2.75, 3.05) is 10.6 Å². The number of rotatable bonds is 4. The van der Waals surface area contributed by atoms with Crippen molar-refractivity contribution in [2.45, 2.75) is 20.0 Å². The summed E-state index contributed by atoms with van der Waals surface area (Å²) in [6.45, 7) is 3.77. The molecule has 0 aliphatic carbocycles. The average Bonchev–Trinajstić information content (AvgIpc) is 3.07. The third kappa shape index (κ3) is 4.33. The average molecular weight is 541 g/mol. The first-order valence-corrected chi connectivity index (χ1v) is 10.7. The first-order valence-electron chi connectivity index (χ1n) is 8.82. The number of hydrogen-bond donors (Lipinski definition) is 2. The molecule has 0 spiro atoms. The van der Waals surface area contributed by atoms with Crippen LogP contribution in [0.3, 0.4) is 0 Å². The number of para-hydroxylation sites is 1. The highest BCUT2D eigenvalue weighted by molar-refractivity contribution is 14.1.